The van der Waals surface area contributed by atoms with Crippen LogP contribution in [0.3, 0.4) is 0 Å². The molecule has 1 spiro atoms. The molecule has 1 atom stereocenters. The van der Waals surface area contributed by atoms with Gasteiger partial charge in [-0.1, -0.05) is 33.1 Å². The van der Waals surface area contributed by atoms with Crippen molar-refractivity contribution in [1.82, 2.24) is 4.90 Å². The van der Waals surface area contributed by atoms with Crippen molar-refractivity contribution >= 4 is 11.8 Å². The van der Waals surface area contributed by atoms with Crippen LogP contribution in [0, 0.1) is 11.3 Å². The molecule has 0 aromatic heterocycles. The second-order valence-electron chi connectivity index (χ2n) is 6.77. The molecule has 0 aromatic rings. The van der Waals surface area contributed by atoms with Crippen molar-refractivity contribution in [3.63, 3.8) is 0 Å². The Balaban J connectivity index is 2.33. The molecule has 1 aliphatic carbocycles. The van der Waals surface area contributed by atoms with Crippen LogP contribution >= 0.6 is 0 Å². The molecule has 1 aliphatic heterocycles. The van der Waals surface area contributed by atoms with Gasteiger partial charge in [-0.05, 0) is 25.7 Å². The SMILES string of the molecule is CC(C)C(C)(CN)N1C(=O)CC2(CCCCC2)C1=O. The average molecular weight is 266 g/mol. The number of amides is 2. The van der Waals surface area contributed by atoms with E-state index < -0.39 is 11.0 Å². The molecule has 1 saturated heterocycles. The molecular formula is C15H26N2O2. The molecule has 1 saturated carbocycles. The van der Waals surface area contributed by atoms with Crippen molar-refractivity contribution in [3.05, 3.63) is 0 Å². The molecular weight excluding hydrogens is 240 g/mol. The molecule has 2 aliphatic rings. The van der Waals surface area contributed by atoms with E-state index in [2.05, 4.69) is 0 Å². The Bertz CT molecular complexity index is 386. The van der Waals surface area contributed by atoms with Crippen LogP contribution < -0.4 is 5.73 Å². The number of nitrogens with zero attached hydrogens (tertiary/aromatic N) is 1. The van der Waals surface area contributed by atoms with Gasteiger partial charge in [-0.15, -0.1) is 0 Å². The number of carbonyl (C=O) groups is 2. The third-order valence-electron chi connectivity index (χ3n) is 5.37. The van der Waals surface area contributed by atoms with Gasteiger partial charge in [0.15, 0.2) is 0 Å². The van der Waals surface area contributed by atoms with E-state index in [1.807, 2.05) is 20.8 Å². The third-order valence-corrected chi connectivity index (χ3v) is 5.37. The lowest BCUT2D eigenvalue weighted by Gasteiger charge is -2.41. The molecule has 108 valence electrons. The second kappa shape index (κ2) is 4.89. The first-order valence-corrected chi connectivity index (χ1v) is 7.45. The van der Waals surface area contributed by atoms with Crippen LogP contribution in [-0.2, 0) is 9.59 Å². The fourth-order valence-electron chi connectivity index (χ4n) is 3.52. The summed E-state index contributed by atoms with van der Waals surface area (Å²) in [6, 6.07) is 0. The van der Waals surface area contributed by atoms with E-state index in [0.29, 0.717) is 13.0 Å². The molecule has 2 rings (SSSR count). The molecule has 2 amide bonds. The highest BCUT2D eigenvalue weighted by Crippen LogP contribution is 2.47. The average Bonchev–Trinajstić information content (AvgIpc) is 2.61. The number of hydrogen-bond donors (Lipinski definition) is 1. The molecule has 1 unspecified atom stereocenters. The zero-order chi connectivity index (χ0) is 14.3. The minimum atomic E-state index is -0.547. The fourth-order valence-corrected chi connectivity index (χ4v) is 3.52. The number of imide groups is 1. The second-order valence-corrected chi connectivity index (χ2v) is 6.77. The monoisotopic (exact) mass is 266 g/mol. The predicted molar refractivity (Wildman–Crippen MR) is 74.3 cm³/mol. The zero-order valence-electron chi connectivity index (χ0n) is 12.4. The van der Waals surface area contributed by atoms with Crippen LogP contribution in [-0.4, -0.2) is 28.8 Å². The minimum absolute atomic E-state index is 0.0199. The summed E-state index contributed by atoms with van der Waals surface area (Å²) in [5.41, 5.74) is 4.94. The summed E-state index contributed by atoms with van der Waals surface area (Å²) in [5, 5.41) is 0. The van der Waals surface area contributed by atoms with E-state index in [1.54, 1.807) is 0 Å². The summed E-state index contributed by atoms with van der Waals surface area (Å²) in [7, 11) is 0. The normalized spacial score (nSPS) is 26.3. The Labute approximate surface area is 115 Å². The summed E-state index contributed by atoms with van der Waals surface area (Å²) in [6.45, 7) is 6.33. The largest absolute Gasteiger partial charge is 0.328 e. The maximum atomic E-state index is 12.9. The highest BCUT2D eigenvalue weighted by Gasteiger charge is 2.56. The first-order chi connectivity index (χ1) is 8.87. The van der Waals surface area contributed by atoms with Crippen molar-refractivity contribution in [3.8, 4) is 0 Å². The predicted octanol–water partition coefficient (Wildman–Crippen LogP) is 2.07. The van der Waals surface area contributed by atoms with Crippen molar-refractivity contribution in [1.29, 1.82) is 0 Å². The maximum Gasteiger partial charge on any atom is 0.236 e. The first-order valence-electron chi connectivity index (χ1n) is 7.45. The Morgan fingerprint density at radius 2 is 1.84 bits per heavy atom. The number of carbonyl (C=O) groups excluding carboxylic acids is 2. The summed E-state index contributed by atoms with van der Waals surface area (Å²) in [6.07, 6.45) is 5.44. The highest BCUT2D eigenvalue weighted by atomic mass is 16.2. The molecule has 4 nitrogen and oxygen atoms in total. The van der Waals surface area contributed by atoms with Crippen LogP contribution in [0.2, 0.25) is 0 Å². The van der Waals surface area contributed by atoms with Gasteiger partial charge in [-0.3, -0.25) is 14.5 Å². The van der Waals surface area contributed by atoms with Crippen molar-refractivity contribution in [2.45, 2.75) is 64.8 Å². The van der Waals surface area contributed by atoms with Crippen LogP contribution in [0.15, 0.2) is 0 Å². The number of rotatable bonds is 3. The van der Waals surface area contributed by atoms with Gasteiger partial charge in [-0.2, -0.15) is 0 Å². The van der Waals surface area contributed by atoms with E-state index >= 15 is 0 Å². The van der Waals surface area contributed by atoms with Gasteiger partial charge >= 0.3 is 0 Å². The van der Waals surface area contributed by atoms with Gasteiger partial charge < -0.3 is 5.73 Å². The standard InChI is InChI=1S/C15H26N2O2/c1-11(2)14(3,10-16)17-12(18)9-15(13(17)19)7-5-4-6-8-15/h11H,4-10,16H2,1-3H3. The molecule has 19 heavy (non-hydrogen) atoms. The molecule has 2 fully saturated rings. The van der Waals surface area contributed by atoms with Crippen LogP contribution in [0.5, 0.6) is 0 Å². The lowest BCUT2D eigenvalue weighted by atomic mass is 9.72. The smallest absolute Gasteiger partial charge is 0.236 e. The molecule has 0 aromatic carbocycles. The number of nitrogens with two attached hydrogens (primary N) is 1. The molecule has 2 N–H and O–H groups in total. The number of likely N-dealkylation sites (tertiary alicyclic amines) is 1. The Morgan fingerprint density at radius 1 is 1.26 bits per heavy atom. The Kier molecular flexibility index (Phi) is 3.74. The zero-order valence-corrected chi connectivity index (χ0v) is 12.4. The molecule has 0 radical (unpaired) electrons. The molecule has 0 bridgehead atoms. The van der Waals surface area contributed by atoms with E-state index in [9.17, 15) is 9.59 Å². The topological polar surface area (TPSA) is 63.4 Å². The molecule has 4 heteroatoms. The fraction of sp³-hybridized carbons (Fsp3) is 0.867. The van der Waals surface area contributed by atoms with E-state index in [1.165, 1.54) is 11.3 Å². The highest BCUT2D eigenvalue weighted by molar-refractivity contribution is 6.06. The quantitative estimate of drug-likeness (QED) is 0.795. The van der Waals surface area contributed by atoms with E-state index in [4.69, 9.17) is 5.73 Å². The van der Waals surface area contributed by atoms with Crippen LogP contribution in [0.4, 0.5) is 0 Å². The summed E-state index contributed by atoms with van der Waals surface area (Å²) >= 11 is 0. The Morgan fingerprint density at radius 3 is 2.32 bits per heavy atom. The van der Waals surface area contributed by atoms with Gasteiger partial charge in [-0.25, -0.2) is 0 Å². The van der Waals surface area contributed by atoms with Gasteiger partial charge in [0, 0.05) is 13.0 Å². The van der Waals surface area contributed by atoms with Crippen molar-refractivity contribution in [2.75, 3.05) is 6.54 Å². The lowest BCUT2D eigenvalue weighted by molar-refractivity contribution is -0.150. The Hall–Kier alpha value is -0.900. The van der Waals surface area contributed by atoms with Gasteiger partial charge in [0.25, 0.3) is 0 Å². The summed E-state index contributed by atoms with van der Waals surface area (Å²) in [5.74, 6) is 0.191. The van der Waals surface area contributed by atoms with Crippen LogP contribution in [0.25, 0.3) is 0 Å². The number of hydrogen-bond acceptors (Lipinski definition) is 3. The minimum Gasteiger partial charge on any atom is -0.328 e. The summed E-state index contributed by atoms with van der Waals surface area (Å²) < 4.78 is 0. The molecule has 1 heterocycles. The third kappa shape index (κ3) is 2.10. The first kappa shape index (κ1) is 14.5. The van der Waals surface area contributed by atoms with Gasteiger partial charge in [0.1, 0.15) is 0 Å². The summed E-state index contributed by atoms with van der Waals surface area (Å²) in [4.78, 5) is 26.8. The van der Waals surface area contributed by atoms with Crippen LogP contribution in [0.1, 0.15) is 59.3 Å². The van der Waals surface area contributed by atoms with Crippen molar-refractivity contribution in [2.24, 2.45) is 17.1 Å². The van der Waals surface area contributed by atoms with Gasteiger partial charge in [0.05, 0.1) is 11.0 Å². The van der Waals surface area contributed by atoms with E-state index in [-0.39, 0.29) is 17.7 Å². The van der Waals surface area contributed by atoms with E-state index in [0.717, 1.165) is 25.7 Å². The maximum absolute atomic E-state index is 12.9. The lowest BCUT2D eigenvalue weighted by Crippen LogP contribution is -2.58. The van der Waals surface area contributed by atoms with Gasteiger partial charge in [0.2, 0.25) is 11.8 Å². The van der Waals surface area contributed by atoms with Crippen molar-refractivity contribution < 1.29 is 9.59 Å².